The van der Waals surface area contributed by atoms with Crippen LogP contribution in [0.2, 0.25) is 0 Å². The number of aliphatic carboxylic acids is 1. The third-order valence-corrected chi connectivity index (χ3v) is 2.31. The molecule has 0 saturated heterocycles. The van der Waals surface area contributed by atoms with Crippen LogP contribution in [0.4, 0.5) is 10.5 Å². The van der Waals surface area contributed by atoms with E-state index in [4.69, 9.17) is 5.11 Å². The molecule has 0 unspecified atom stereocenters. The number of anilines is 1. The van der Waals surface area contributed by atoms with E-state index >= 15 is 0 Å². The molecule has 1 aromatic rings. The van der Waals surface area contributed by atoms with Gasteiger partial charge in [0.2, 0.25) is 0 Å². The van der Waals surface area contributed by atoms with Gasteiger partial charge in [0.15, 0.2) is 0 Å². The summed E-state index contributed by atoms with van der Waals surface area (Å²) in [6.07, 6.45) is 1.84. The van der Waals surface area contributed by atoms with Gasteiger partial charge in [-0.3, -0.25) is 4.79 Å². The molecule has 0 atom stereocenters. The highest BCUT2D eigenvalue weighted by atomic mass is 16.4. The number of urea groups is 1. The number of allylic oxidation sites excluding steroid dienone is 1. The van der Waals surface area contributed by atoms with Crippen molar-refractivity contribution < 1.29 is 14.7 Å². The summed E-state index contributed by atoms with van der Waals surface area (Å²) in [7, 11) is 0. The summed E-state index contributed by atoms with van der Waals surface area (Å²) < 4.78 is 0. The topological polar surface area (TPSA) is 78.4 Å². The Hall–Kier alpha value is -2.30. The number of carboxylic acid groups (broad SMARTS) is 1. The van der Waals surface area contributed by atoms with Crippen LogP contribution in [0, 0.1) is 0 Å². The SMILES string of the molecule is CC(C)=CCNC(=O)Nc1cccc(CC(=O)O)c1. The lowest BCUT2D eigenvalue weighted by atomic mass is 10.1. The minimum atomic E-state index is -0.898. The number of carboxylic acids is 1. The number of amides is 2. The summed E-state index contributed by atoms with van der Waals surface area (Å²) in [5.74, 6) is -0.898. The molecule has 1 rings (SSSR count). The molecule has 102 valence electrons. The number of rotatable bonds is 5. The lowest BCUT2D eigenvalue weighted by Crippen LogP contribution is -2.28. The van der Waals surface area contributed by atoms with E-state index in [1.807, 2.05) is 19.9 Å². The van der Waals surface area contributed by atoms with E-state index in [0.29, 0.717) is 17.8 Å². The zero-order chi connectivity index (χ0) is 14.3. The second kappa shape index (κ2) is 7.20. The van der Waals surface area contributed by atoms with Gasteiger partial charge >= 0.3 is 12.0 Å². The molecule has 5 nitrogen and oxygen atoms in total. The minimum Gasteiger partial charge on any atom is -0.481 e. The van der Waals surface area contributed by atoms with Gasteiger partial charge in [-0.2, -0.15) is 0 Å². The smallest absolute Gasteiger partial charge is 0.319 e. The van der Waals surface area contributed by atoms with E-state index in [1.165, 1.54) is 0 Å². The van der Waals surface area contributed by atoms with Crippen molar-refractivity contribution in [2.45, 2.75) is 20.3 Å². The van der Waals surface area contributed by atoms with Gasteiger partial charge in [0.05, 0.1) is 6.42 Å². The zero-order valence-electron chi connectivity index (χ0n) is 11.1. The van der Waals surface area contributed by atoms with E-state index in [0.717, 1.165) is 5.57 Å². The molecule has 0 saturated carbocycles. The minimum absolute atomic E-state index is 0.0606. The van der Waals surface area contributed by atoms with Crippen LogP contribution < -0.4 is 10.6 Å². The normalized spacial score (nSPS) is 9.58. The molecule has 19 heavy (non-hydrogen) atoms. The maximum absolute atomic E-state index is 11.6. The largest absolute Gasteiger partial charge is 0.481 e. The fourth-order valence-corrected chi connectivity index (χ4v) is 1.46. The van der Waals surface area contributed by atoms with Crippen molar-refractivity contribution in [3.05, 3.63) is 41.5 Å². The molecule has 0 aliphatic rings. The van der Waals surface area contributed by atoms with E-state index < -0.39 is 5.97 Å². The molecule has 3 N–H and O–H groups in total. The average molecular weight is 262 g/mol. The molecular weight excluding hydrogens is 244 g/mol. The first-order chi connectivity index (χ1) is 8.97. The molecule has 0 spiro atoms. The van der Waals surface area contributed by atoms with Crippen molar-refractivity contribution in [2.24, 2.45) is 0 Å². The average Bonchev–Trinajstić information content (AvgIpc) is 2.27. The van der Waals surface area contributed by atoms with Crippen molar-refractivity contribution in [3.8, 4) is 0 Å². The van der Waals surface area contributed by atoms with E-state index in [2.05, 4.69) is 10.6 Å². The predicted molar refractivity (Wildman–Crippen MR) is 74.2 cm³/mol. The summed E-state index contributed by atoms with van der Waals surface area (Å²) in [5, 5.41) is 14.0. The van der Waals surface area contributed by atoms with Crippen LogP contribution in [0.25, 0.3) is 0 Å². The fraction of sp³-hybridized carbons (Fsp3) is 0.286. The first-order valence-corrected chi connectivity index (χ1v) is 5.96. The van der Waals surface area contributed by atoms with Crippen molar-refractivity contribution in [2.75, 3.05) is 11.9 Å². The first-order valence-electron chi connectivity index (χ1n) is 5.96. The van der Waals surface area contributed by atoms with Crippen LogP contribution in [0.1, 0.15) is 19.4 Å². The Balaban J connectivity index is 2.54. The third-order valence-electron chi connectivity index (χ3n) is 2.31. The van der Waals surface area contributed by atoms with Crippen LogP contribution in [-0.4, -0.2) is 23.7 Å². The van der Waals surface area contributed by atoms with E-state index in [9.17, 15) is 9.59 Å². The lowest BCUT2D eigenvalue weighted by Gasteiger charge is -2.07. The van der Waals surface area contributed by atoms with Gasteiger partial charge in [-0.25, -0.2) is 4.79 Å². The predicted octanol–water partition coefficient (Wildman–Crippen LogP) is 2.40. The van der Waals surface area contributed by atoms with Crippen LogP contribution in [0.15, 0.2) is 35.9 Å². The fourth-order valence-electron chi connectivity index (χ4n) is 1.46. The van der Waals surface area contributed by atoms with E-state index in [1.54, 1.807) is 24.3 Å². The van der Waals surface area contributed by atoms with Gasteiger partial charge in [0.25, 0.3) is 0 Å². The Morgan fingerprint density at radius 2 is 2.05 bits per heavy atom. The molecule has 0 fully saturated rings. The summed E-state index contributed by atoms with van der Waals surface area (Å²) in [4.78, 5) is 22.2. The standard InChI is InChI=1S/C14H18N2O3/c1-10(2)6-7-15-14(19)16-12-5-3-4-11(8-12)9-13(17)18/h3-6,8H,7,9H2,1-2H3,(H,17,18)(H2,15,16,19). The van der Waals surface area contributed by atoms with Gasteiger partial charge < -0.3 is 15.7 Å². The molecule has 0 radical (unpaired) electrons. The molecule has 2 amide bonds. The lowest BCUT2D eigenvalue weighted by molar-refractivity contribution is -0.136. The highest BCUT2D eigenvalue weighted by molar-refractivity contribution is 5.89. The van der Waals surface area contributed by atoms with Gasteiger partial charge in [-0.15, -0.1) is 0 Å². The number of carbonyl (C=O) groups excluding carboxylic acids is 1. The summed E-state index contributed by atoms with van der Waals surface area (Å²) in [6, 6.07) is 6.47. The molecule has 0 bridgehead atoms. The maximum Gasteiger partial charge on any atom is 0.319 e. The number of carbonyl (C=O) groups is 2. The van der Waals surface area contributed by atoms with Crippen molar-refractivity contribution in [1.82, 2.24) is 5.32 Å². The van der Waals surface area contributed by atoms with Crippen molar-refractivity contribution in [3.63, 3.8) is 0 Å². The Morgan fingerprint density at radius 1 is 1.32 bits per heavy atom. The number of nitrogens with one attached hydrogen (secondary N) is 2. The van der Waals surface area contributed by atoms with Gasteiger partial charge in [0.1, 0.15) is 0 Å². The quantitative estimate of drug-likeness (QED) is 0.713. The number of hydrogen-bond acceptors (Lipinski definition) is 2. The van der Waals surface area contributed by atoms with Crippen molar-refractivity contribution >= 4 is 17.7 Å². The van der Waals surface area contributed by atoms with Gasteiger partial charge in [-0.05, 0) is 31.5 Å². The van der Waals surface area contributed by atoms with Crippen LogP contribution >= 0.6 is 0 Å². The molecule has 0 aromatic heterocycles. The van der Waals surface area contributed by atoms with E-state index in [-0.39, 0.29) is 12.5 Å². The van der Waals surface area contributed by atoms with Gasteiger partial charge in [0, 0.05) is 12.2 Å². The summed E-state index contributed by atoms with van der Waals surface area (Å²) >= 11 is 0. The second-order valence-electron chi connectivity index (χ2n) is 4.39. The van der Waals surface area contributed by atoms with Crippen LogP contribution in [0.3, 0.4) is 0 Å². The molecule has 1 aromatic carbocycles. The number of hydrogen-bond donors (Lipinski definition) is 3. The monoisotopic (exact) mass is 262 g/mol. The summed E-state index contributed by atoms with van der Waals surface area (Å²) in [5.41, 5.74) is 2.35. The van der Waals surface area contributed by atoms with Gasteiger partial charge in [-0.1, -0.05) is 23.8 Å². The Bertz CT molecular complexity index is 491. The second-order valence-corrected chi connectivity index (χ2v) is 4.39. The molecule has 5 heteroatoms. The summed E-state index contributed by atoms with van der Waals surface area (Å²) in [6.45, 7) is 4.37. The Kier molecular flexibility index (Phi) is 5.60. The highest BCUT2D eigenvalue weighted by Crippen LogP contribution is 2.11. The van der Waals surface area contributed by atoms with Crippen LogP contribution in [-0.2, 0) is 11.2 Å². The third kappa shape index (κ3) is 6.26. The first kappa shape index (κ1) is 14.8. The molecule has 0 aliphatic heterocycles. The Labute approximate surface area is 112 Å². The number of benzene rings is 1. The zero-order valence-corrected chi connectivity index (χ0v) is 11.1. The van der Waals surface area contributed by atoms with Crippen LogP contribution in [0.5, 0.6) is 0 Å². The maximum atomic E-state index is 11.6. The molecule has 0 aliphatic carbocycles. The van der Waals surface area contributed by atoms with Crippen molar-refractivity contribution in [1.29, 1.82) is 0 Å². The Morgan fingerprint density at radius 3 is 2.68 bits per heavy atom. The highest BCUT2D eigenvalue weighted by Gasteiger charge is 2.03. The molecule has 0 heterocycles. The molecular formula is C14H18N2O3.